The van der Waals surface area contributed by atoms with E-state index in [1.807, 2.05) is 6.07 Å². The molecule has 10 heteroatoms. The number of sulfonamides is 1. The van der Waals surface area contributed by atoms with E-state index < -0.39 is 10.0 Å². The van der Waals surface area contributed by atoms with Crippen LogP contribution in [0.15, 0.2) is 18.3 Å². The largest absolute Gasteiger partial charge is 0.353 e. The Hall–Kier alpha value is -2.20. The van der Waals surface area contributed by atoms with Gasteiger partial charge in [-0.1, -0.05) is 6.07 Å². The Morgan fingerprint density at radius 1 is 1.27 bits per heavy atom. The Morgan fingerprint density at radius 2 is 1.96 bits per heavy atom. The van der Waals surface area contributed by atoms with E-state index in [2.05, 4.69) is 15.2 Å². The topological polar surface area (TPSA) is 126 Å². The van der Waals surface area contributed by atoms with E-state index in [0.717, 1.165) is 11.4 Å². The lowest BCUT2D eigenvalue weighted by Crippen LogP contribution is -2.48. The normalized spacial score (nSPS) is 15.0. The van der Waals surface area contributed by atoms with Crippen LogP contribution < -0.4 is 15.4 Å². The lowest BCUT2D eigenvalue weighted by Gasteiger charge is -2.35. The highest BCUT2D eigenvalue weighted by Gasteiger charge is 2.21. The smallest absolute Gasteiger partial charge is 0.220 e. The van der Waals surface area contributed by atoms with Crippen LogP contribution in [0.25, 0.3) is 0 Å². The molecule has 0 radical (unpaired) electrons. The van der Waals surface area contributed by atoms with Gasteiger partial charge in [0.25, 0.3) is 0 Å². The molecule has 0 bridgehead atoms. The maximum absolute atomic E-state index is 11.9. The molecule has 1 fully saturated rings. The van der Waals surface area contributed by atoms with Gasteiger partial charge in [-0.15, -0.1) is 0 Å². The van der Waals surface area contributed by atoms with Crippen molar-refractivity contribution in [3.8, 4) is 0 Å². The van der Waals surface area contributed by atoms with Gasteiger partial charge in [0.05, 0.1) is 5.75 Å². The van der Waals surface area contributed by atoms with Gasteiger partial charge in [0.2, 0.25) is 21.8 Å². The lowest BCUT2D eigenvalue weighted by molar-refractivity contribution is -0.129. The van der Waals surface area contributed by atoms with Crippen LogP contribution in [0.3, 0.4) is 0 Å². The third-order valence-electron chi connectivity index (χ3n) is 4.20. The predicted octanol–water partition coefficient (Wildman–Crippen LogP) is -0.565. The highest BCUT2D eigenvalue weighted by atomic mass is 32.2. The predicted molar refractivity (Wildman–Crippen MR) is 97.8 cm³/mol. The summed E-state index contributed by atoms with van der Waals surface area (Å²) in [5.74, 6) is 0.418. The molecule has 9 nitrogen and oxygen atoms in total. The molecule has 2 rings (SSSR count). The molecule has 1 saturated heterocycles. The van der Waals surface area contributed by atoms with Gasteiger partial charge in [-0.25, -0.2) is 18.5 Å². The maximum Gasteiger partial charge on any atom is 0.220 e. The molecular weight excluding hydrogens is 358 g/mol. The van der Waals surface area contributed by atoms with Gasteiger partial charge < -0.3 is 15.1 Å². The number of primary sulfonamides is 1. The molecule has 0 atom stereocenters. The average Bonchev–Trinajstić information content (AvgIpc) is 2.59. The summed E-state index contributed by atoms with van der Waals surface area (Å²) in [6.07, 6.45) is 1.99. The summed E-state index contributed by atoms with van der Waals surface area (Å²) in [6.45, 7) is 4.53. The fourth-order valence-corrected chi connectivity index (χ4v) is 3.35. The number of nitrogens with zero attached hydrogens (tertiary/aromatic N) is 3. The standard InChI is InChI=1S/C16H25N5O4S/c1-13(22)20-7-9-21(10-8-20)16-14(4-2-6-18-16)12-19-15(23)5-3-11-26(17,24)25/h2,4,6H,3,5,7-12H2,1H3,(H,19,23)(H2,17,24,25). The zero-order valence-corrected chi connectivity index (χ0v) is 15.7. The first-order valence-electron chi connectivity index (χ1n) is 8.48. The molecule has 0 spiro atoms. The minimum Gasteiger partial charge on any atom is -0.353 e. The highest BCUT2D eigenvalue weighted by Crippen LogP contribution is 2.19. The fourth-order valence-electron chi connectivity index (χ4n) is 2.80. The molecule has 0 unspecified atom stereocenters. The first kappa shape index (κ1) is 20.1. The Bertz CT molecular complexity index is 745. The SMILES string of the molecule is CC(=O)N1CCN(c2ncccc2CNC(=O)CCCS(N)(=O)=O)CC1. The molecule has 0 aliphatic carbocycles. The first-order valence-corrected chi connectivity index (χ1v) is 10.2. The molecule has 1 aliphatic rings. The summed E-state index contributed by atoms with van der Waals surface area (Å²) in [7, 11) is -3.54. The zero-order valence-electron chi connectivity index (χ0n) is 14.8. The minimum absolute atomic E-state index is 0.0673. The molecule has 2 heterocycles. The van der Waals surface area contributed by atoms with Crippen LogP contribution in [0.2, 0.25) is 0 Å². The van der Waals surface area contributed by atoms with E-state index in [1.165, 1.54) is 0 Å². The van der Waals surface area contributed by atoms with Crippen LogP contribution in [0.5, 0.6) is 0 Å². The average molecular weight is 383 g/mol. The van der Waals surface area contributed by atoms with Crippen molar-refractivity contribution in [2.75, 3.05) is 36.8 Å². The molecule has 1 aliphatic heterocycles. The molecule has 3 N–H and O–H groups in total. The van der Waals surface area contributed by atoms with Crippen LogP contribution >= 0.6 is 0 Å². The number of amides is 2. The second-order valence-electron chi connectivity index (χ2n) is 6.23. The Balaban J connectivity index is 1.89. The number of piperazine rings is 1. The van der Waals surface area contributed by atoms with E-state index >= 15 is 0 Å². The zero-order chi connectivity index (χ0) is 19.2. The molecule has 144 valence electrons. The number of hydrogen-bond acceptors (Lipinski definition) is 6. The van der Waals surface area contributed by atoms with Crippen molar-refractivity contribution in [3.63, 3.8) is 0 Å². The maximum atomic E-state index is 11.9. The van der Waals surface area contributed by atoms with Crippen LogP contribution in [0, 0.1) is 0 Å². The first-order chi connectivity index (χ1) is 12.3. The van der Waals surface area contributed by atoms with E-state index in [-0.39, 0.29) is 30.4 Å². The van der Waals surface area contributed by atoms with Gasteiger partial charge in [0, 0.05) is 57.8 Å². The summed E-state index contributed by atoms with van der Waals surface area (Å²) >= 11 is 0. The Morgan fingerprint density at radius 3 is 2.58 bits per heavy atom. The Kier molecular flexibility index (Phi) is 6.92. The molecule has 0 saturated carbocycles. The van der Waals surface area contributed by atoms with Gasteiger partial charge in [-0.05, 0) is 12.5 Å². The van der Waals surface area contributed by atoms with Crippen molar-refractivity contribution >= 4 is 27.7 Å². The highest BCUT2D eigenvalue weighted by molar-refractivity contribution is 7.89. The molecule has 1 aromatic heterocycles. The Labute approximate surface area is 153 Å². The number of rotatable bonds is 7. The van der Waals surface area contributed by atoms with Crippen molar-refractivity contribution in [3.05, 3.63) is 23.9 Å². The van der Waals surface area contributed by atoms with Crippen molar-refractivity contribution in [2.24, 2.45) is 5.14 Å². The third-order valence-corrected chi connectivity index (χ3v) is 5.06. The number of nitrogens with two attached hydrogens (primary N) is 1. The van der Waals surface area contributed by atoms with Crippen molar-refractivity contribution in [1.29, 1.82) is 0 Å². The molecule has 1 aromatic rings. The van der Waals surface area contributed by atoms with Crippen molar-refractivity contribution < 1.29 is 18.0 Å². The molecular formula is C16H25N5O4S. The number of carbonyl (C=O) groups excluding carboxylic acids is 2. The number of carbonyl (C=O) groups is 2. The monoisotopic (exact) mass is 383 g/mol. The van der Waals surface area contributed by atoms with Crippen LogP contribution in [0.4, 0.5) is 5.82 Å². The van der Waals surface area contributed by atoms with Gasteiger partial charge in [0.15, 0.2) is 0 Å². The van der Waals surface area contributed by atoms with E-state index in [0.29, 0.717) is 32.7 Å². The second kappa shape index (κ2) is 8.95. The third kappa shape index (κ3) is 6.26. The van der Waals surface area contributed by atoms with Crippen LogP contribution in [-0.4, -0.2) is 62.0 Å². The lowest BCUT2D eigenvalue weighted by atomic mass is 10.2. The molecule has 26 heavy (non-hydrogen) atoms. The summed E-state index contributed by atoms with van der Waals surface area (Å²) < 4.78 is 21.8. The second-order valence-corrected chi connectivity index (χ2v) is 7.96. The minimum atomic E-state index is -3.54. The number of pyridine rings is 1. The van der Waals surface area contributed by atoms with E-state index in [4.69, 9.17) is 5.14 Å². The number of aromatic nitrogens is 1. The molecule has 0 aromatic carbocycles. The summed E-state index contributed by atoms with van der Waals surface area (Å²) in [5, 5.41) is 7.71. The number of anilines is 1. The van der Waals surface area contributed by atoms with Crippen LogP contribution in [-0.2, 0) is 26.2 Å². The fraction of sp³-hybridized carbons (Fsp3) is 0.562. The van der Waals surface area contributed by atoms with Crippen LogP contribution in [0.1, 0.15) is 25.3 Å². The quantitative estimate of drug-likeness (QED) is 0.650. The van der Waals surface area contributed by atoms with Crippen molar-refractivity contribution in [2.45, 2.75) is 26.3 Å². The number of nitrogens with one attached hydrogen (secondary N) is 1. The van der Waals surface area contributed by atoms with Gasteiger partial charge in [-0.3, -0.25) is 9.59 Å². The molecule has 2 amide bonds. The van der Waals surface area contributed by atoms with Gasteiger partial charge in [-0.2, -0.15) is 0 Å². The van der Waals surface area contributed by atoms with Gasteiger partial charge in [0.1, 0.15) is 5.82 Å². The summed E-state index contributed by atoms with van der Waals surface area (Å²) in [4.78, 5) is 31.6. The number of hydrogen-bond donors (Lipinski definition) is 2. The van der Waals surface area contributed by atoms with E-state index in [9.17, 15) is 18.0 Å². The summed E-state index contributed by atoms with van der Waals surface area (Å²) in [5.41, 5.74) is 0.878. The van der Waals surface area contributed by atoms with E-state index in [1.54, 1.807) is 24.1 Å². The summed E-state index contributed by atoms with van der Waals surface area (Å²) in [6, 6.07) is 3.70. The van der Waals surface area contributed by atoms with Gasteiger partial charge >= 0.3 is 0 Å². The van der Waals surface area contributed by atoms with Crippen molar-refractivity contribution in [1.82, 2.24) is 15.2 Å².